The predicted octanol–water partition coefficient (Wildman–Crippen LogP) is 3.79. The van der Waals surface area contributed by atoms with Crippen LogP contribution in [-0.2, 0) is 6.54 Å². The van der Waals surface area contributed by atoms with Crippen molar-refractivity contribution in [2.45, 2.75) is 26.4 Å². The van der Waals surface area contributed by atoms with Crippen molar-refractivity contribution in [3.05, 3.63) is 71.5 Å². The molecule has 2 aromatic carbocycles. The van der Waals surface area contributed by atoms with Gasteiger partial charge in [0.2, 0.25) is 0 Å². The van der Waals surface area contributed by atoms with Gasteiger partial charge in [-0.1, -0.05) is 42.0 Å². The van der Waals surface area contributed by atoms with Crippen molar-refractivity contribution in [3.8, 4) is 0 Å². The minimum absolute atomic E-state index is 0.290. The molecule has 3 heteroatoms. The average molecular weight is 277 g/mol. The zero-order chi connectivity index (χ0) is 14.7. The second-order valence-corrected chi connectivity index (χ2v) is 5.37. The number of aromatic nitrogens is 2. The number of hydrogen-bond donors (Lipinski definition) is 1. The van der Waals surface area contributed by atoms with Gasteiger partial charge in [-0.2, -0.15) is 0 Å². The second kappa shape index (κ2) is 6.02. The van der Waals surface area contributed by atoms with Gasteiger partial charge in [0.05, 0.1) is 22.9 Å². The number of hydrogen-bond acceptors (Lipinski definition) is 3. The molecule has 0 aliphatic heterocycles. The Kier molecular flexibility index (Phi) is 3.93. The average Bonchev–Trinajstić information content (AvgIpc) is 2.52. The molecule has 21 heavy (non-hydrogen) atoms. The number of benzene rings is 2. The second-order valence-electron chi connectivity index (χ2n) is 5.37. The van der Waals surface area contributed by atoms with Gasteiger partial charge in [-0.25, -0.2) is 4.98 Å². The van der Waals surface area contributed by atoms with Gasteiger partial charge < -0.3 is 5.32 Å². The quantitative estimate of drug-likeness (QED) is 0.788. The Morgan fingerprint density at radius 1 is 1.05 bits per heavy atom. The third kappa shape index (κ3) is 3.26. The van der Waals surface area contributed by atoms with E-state index in [1.165, 1.54) is 11.1 Å². The molecular formula is C18H19N3. The summed E-state index contributed by atoms with van der Waals surface area (Å²) in [5.74, 6) is 0. The molecule has 106 valence electrons. The predicted molar refractivity (Wildman–Crippen MR) is 86.0 cm³/mol. The Labute approximate surface area is 125 Å². The molecule has 1 N–H and O–H groups in total. The highest BCUT2D eigenvalue weighted by Crippen LogP contribution is 2.15. The van der Waals surface area contributed by atoms with Crippen molar-refractivity contribution in [2.75, 3.05) is 0 Å². The number of nitrogens with zero attached hydrogens (tertiary/aromatic N) is 2. The van der Waals surface area contributed by atoms with Crippen LogP contribution in [0.2, 0.25) is 0 Å². The molecule has 0 aliphatic rings. The first kappa shape index (κ1) is 13.7. The van der Waals surface area contributed by atoms with Crippen molar-refractivity contribution in [1.82, 2.24) is 15.3 Å². The van der Waals surface area contributed by atoms with Gasteiger partial charge in [-0.3, -0.25) is 4.98 Å². The first-order chi connectivity index (χ1) is 10.2. The Hall–Kier alpha value is -2.26. The molecule has 0 saturated heterocycles. The molecule has 0 bridgehead atoms. The smallest absolute Gasteiger partial charge is 0.0890 e. The summed E-state index contributed by atoms with van der Waals surface area (Å²) in [6.07, 6.45) is 1.85. The van der Waals surface area contributed by atoms with Crippen LogP contribution in [0.5, 0.6) is 0 Å². The molecule has 0 amide bonds. The Bertz CT molecular complexity index is 752. The molecule has 0 unspecified atom stereocenters. The van der Waals surface area contributed by atoms with Crippen molar-refractivity contribution in [3.63, 3.8) is 0 Å². The Morgan fingerprint density at radius 2 is 1.86 bits per heavy atom. The highest BCUT2D eigenvalue weighted by atomic mass is 14.9. The molecule has 1 aromatic heterocycles. The van der Waals surface area contributed by atoms with Gasteiger partial charge >= 0.3 is 0 Å². The summed E-state index contributed by atoms with van der Waals surface area (Å²) in [5.41, 5.74) is 5.43. The Morgan fingerprint density at radius 3 is 2.67 bits per heavy atom. The summed E-state index contributed by atoms with van der Waals surface area (Å²) >= 11 is 0. The van der Waals surface area contributed by atoms with Crippen LogP contribution >= 0.6 is 0 Å². The molecule has 0 radical (unpaired) electrons. The number of aryl methyl sites for hydroxylation is 1. The lowest BCUT2D eigenvalue weighted by atomic mass is 10.1. The van der Waals surface area contributed by atoms with Crippen molar-refractivity contribution >= 4 is 11.0 Å². The third-order valence-electron chi connectivity index (χ3n) is 3.63. The van der Waals surface area contributed by atoms with E-state index in [0.29, 0.717) is 6.54 Å². The molecule has 0 saturated carbocycles. The molecule has 3 aromatic rings. The van der Waals surface area contributed by atoms with E-state index in [2.05, 4.69) is 53.4 Å². The molecule has 0 spiro atoms. The summed E-state index contributed by atoms with van der Waals surface area (Å²) in [7, 11) is 0. The topological polar surface area (TPSA) is 37.8 Å². The molecule has 0 fully saturated rings. The van der Waals surface area contributed by atoms with Gasteiger partial charge in [-0.15, -0.1) is 0 Å². The van der Waals surface area contributed by atoms with Crippen LogP contribution in [0.3, 0.4) is 0 Å². The normalized spacial score (nSPS) is 12.5. The monoisotopic (exact) mass is 277 g/mol. The van der Waals surface area contributed by atoms with Gasteiger partial charge in [0.25, 0.3) is 0 Å². The lowest BCUT2D eigenvalue weighted by molar-refractivity contribution is 0.567. The van der Waals surface area contributed by atoms with Crippen LogP contribution in [0.15, 0.2) is 54.7 Å². The molecule has 3 rings (SSSR count). The van der Waals surface area contributed by atoms with Crippen LogP contribution < -0.4 is 5.32 Å². The fourth-order valence-electron chi connectivity index (χ4n) is 2.40. The van der Waals surface area contributed by atoms with Gasteiger partial charge in [0.15, 0.2) is 0 Å². The van der Waals surface area contributed by atoms with Crippen LogP contribution in [0, 0.1) is 6.92 Å². The van der Waals surface area contributed by atoms with Crippen LogP contribution in [0.25, 0.3) is 11.0 Å². The van der Waals surface area contributed by atoms with Crippen molar-refractivity contribution in [1.29, 1.82) is 0 Å². The maximum atomic E-state index is 4.63. The van der Waals surface area contributed by atoms with Gasteiger partial charge in [0.1, 0.15) is 0 Å². The van der Waals surface area contributed by atoms with E-state index in [4.69, 9.17) is 0 Å². The van der Waals surface area contributed by atoms with E-state index in [1.807, 2.05) is 30.5 Å². The third-order valence-corrected chi connectivity index (χ3v) is 3.63. The largest absolute Gasteiger partial charge is 0.305 e. The first-order valence-electron chi connectivity index (χ1n) is 7.23. The van der Waals surface area contributed by atoms with E-state index >= 15 is 0 Å². The standard InChI is InChI=1S/C18H19N3/c1-13-6-5-7-15(10-13)14(2)19-11-16-12-20-17-8-3-4-9-18(17)21-16/h3-10,12,14,19H,11H2,1-2H3/t14-/m0/s1. The van der Waals surface area contributed by atoms with E-state index in [0.717, 1.165) is 16.7 Å². The summed E-state index contributed by atoms with van der Waals surface area (Å²) in [4.78, 5) is 9.08. The zero-order valence-corrected chi connectivity index (χ0v) is 12.4. The van der Waals surface area contributed by atoms with Crippen molar-refractivity contribution < 1.29 is 0 Å². The van der Waals surface area contributed by atoms with Crippen LogP contribution in [0.4, 0.5) is 0 Å². The number of para-hydroxylation sites is 2. The minimum atomic E-state index is 0.290. The maximum Gasteiger partial charge on any atom is 0.0890 e. The maximum absolute atomic E-state index is 4.63. The van der Waals surface area contributed by atoms with E-state index < -0.39 is 0 Å². The summed E-state index contributed by atoms with van der Waals surface area (Å²) < 4.78 is 0. The van der Waals surface area contributed by atoms with Crippen LogP contribution in [-0.4, -0.2) is 9.97 Å². The molecular weight excluding hydrogens is 258 g/mol. The van der Waals surface area contributed by atoms with E-state index in [-0.39, 0.29) is 6.04 Å². The Balaban J connectivity index is 1.71. The van der Waals surface area contributed by atoms with E-state index in [1.54, 1.807) is 0 Å². The molecule has 1 heterocycles. The fraction of sp³-hybridized carbons (Fsp3) is 0.222. The SMILES string of the molecule is Cc1cccc([C@H](C)NCc2cnc3ccccc3n2)c1. The first-order valence-corrected chi connectivity index (χ1v) is 7.23. The zero-order valence-electron chi connectivity index (χ0n) is 12.4. The van der Waals surface area contributed by atoms with Gasteiger partial charge in [-0.05, 0) is 31.5 Å². The van der Waals surface area contributed by atoms with Crippen molar-refractivity contribution in [2.24, 2.45) is 0 Å². The lowest BCUT2D eigenvalue weighted by Crippen LogP contribution is -2.19. The summed E-state index contributed by atoms with van der Waals surface area (Å²) in [6.45, 7) is 5.00. The molecule has 0 aliphatic carbocycles. The summed E-state index contributed by atoms with van der Waals surface area (Å²) in [5, 5.41) is 3.50. The molecule has 1 atom stereocenters. The minimum Gasteiger partial charge on any atom is -0.305 e. The number of nitrogens with one attached hydrogen (secondary N) is 1. The molecule has 3 nitrogen and oxygen atoms in total. The van der Waals surface area contributed by atoms with Gasteiger partial charge in [0, 0.05) is 12.6 Å². The van der Waals surface area contributed by atoms with E-state index in [9.17, 15) is 0 Å². The lowest BCUT2D eigenvalue weighted by Gasteiger charge is -2.14. The highest BCUT2D eigenvalue weighted by molar-refractivity contribution is 5.73. The number of rotatable bonds is 4. The number of fused-ring (bicyclic) bond motifs is 1. The van der Waals surface area contributed by atoms with Crippen LogP contribution in [0.1, 0.15) is 29.8 Å². The highest BCUT2D eigenvalue weighted by Gasteiger charge is 2.06. The fourth-order valence-corrected chi connectivity index (χ4v) is 2.40. The summed E-state index contributed by atoms with van der Waals surface area (Å²) in [6, 6.07) is 16.8.